The van der Waals surface area contributed by atoms with Crippen LogP contribution in [0.2, 0.25) is 0 Å². The highest BCUT2D eigenvalue weighted by molar-refractivity contribution is 5.06. The number of aliphatic hydroxyl groups is 1. The van der Waals surface area contributed by atoms with E-state index in [9.17, 15) is 5.11 Å². The van der Waals surface area contributed by atoms with E-state index in [2.05, 4.69) is 6.08 Å². The van der Waals surface area contributed by atoms with Crippen LogP contribution in [-0.2, 0) is 4.74 Å². The van der Waals surface area contributed by atoms with Gasteiger partial charge in [-0.1, -0.05) is 18.1 Å². The maximum Gasteiger partial charge on any atom is 0.0723 e. The highest BCUT2D eigenvalue weighted by Gasteiger charge is 2.08. The van der Waals surface area contributed by atoms with Gasteiger partial charge in [0.2, 0.25) is 0 Å². The van der Waals surface area contributed by atoms with Crippen LogP contribution < -0.4 is 0 Å². The molecule has 0 amide bonds. The van der Waals surface area contributed by atoms with E-state index in [1.807, 2.05) is 0 Å². The Kier molecular flexibility index (Phi) is 5.88. The molecule has 1 aliphatic carbocycles. The average molecular weight is 198 g/mol. The van der Waals surface area contributed by atoms with Gasteiger partial charge in [-0.3, -0.25) is 0 Å². The van der Waals surface area contributed by atoms with Gasteiger partial charge in [-0.25, -0.2) is 0 Å². The topological polar surface area (TPSA) is 29.5 Å². The Labute approximate surface area is 87.0 Å². The summed E-state index contributed by atoms with van der Waals surface area (Å²) in [7, 11) is 1.74. The zero-order valence-corrected chi connectivity index (χ0v) is 9.17. The summed E-state index contributed by atoms with van der Waals surface area (Å²) in [5, 5.41) is 9.56. The zero-order chi connectivity index (χ0) is 10.2. The van der Waals surface area contributed by atoms with Crippen molar-refractivity contribution < 1.29 is 9.84 Å². The first-order valence-corrected chi connectivity index (χ1v) is 5.69. The van der Waals surface area contributed by atoms with Gasteiger partial charge in [0.15, 0.2) is 0 Å². The number of aliphatic hydroxyl groups excluding tert-OH is 1. The molecule has 2 nitrogen and oxygen atoms in total. The van der Waals surface area contributed by atoms with Crippen LogP contribution in [0.15, 0.2) is 11.6 Å². The second kappa shape index (κ2) is 7.02. The first kappa shape index (κ1) is 11.7. The molecule has 82 valence electrons. The normalized spacial score (nSPS) is 23.0. The Morgan fingerprint density at radius 2 is 2.29 bits per heavy atom. The molecule has 14 heavy (non-hydrogen) atoms. The van der Waals surface area contributed by atoms with Crippen LogP contribution >= 0.6 is 0 Å². The molecule has 2 heteroatoms. The predicted octanol–water partition coefficient (Wildman–Crippen LogP) is 2.66. The predicted molar refractivity (Wildman–Crippen MR) is 58.3 cm³/mol. The van der Waals surface area contributed by atoms with Crippen LogP contribution in [0, 0.1) is 0 Å². The molecule has 1 rings (SSSR count). The summed E-state index contributed by atoms with van der Waals surface area (Å²) in [5.74, 6) is 0. The van der Waals surface area contributed by atoms with Gasteiger partial charge >= 0.3 is 0 Å². The van der Waals surface area contributed by atoms with E-state index >= 15 is 0 Å². The Hall–Kier alpha value is -0.340. The number of rotatable bonds is 5. The third-order valence-electron chi connectivity index (χ3n) is 2.77. The maximum atomic E-state index is 9.56. The minimum Gasteiger partial charge on any atom is -0.389 e. The molecule has 0 aromatic rings. The highest BCUT2D eigenvalue weighted by atomic mass is 16.5. The molecule has 0 saturated carbocycles. The van der Waals surface area contributed by atoms with Gasteiger partial charge in [0.1, 0.15) is 0 Å². The van der Waals surface area contributed by atoms with Gasteiger partial charge < -0.3 is 9.84 Å². The van der Waals surface area contributed by atoms with Crippen molar-refractivity contribution in [2.24, 2.45) is 0 Å². The van der Waals surface area contributed by atoms with Crippen molar-refractivity contribution in [1.29, 1.82) is 0 Å². The Bertz CT molecular complexity index is 175. The lowest BCUT2D eigenvalue weighted by atomic mass is 10.0. The monoisotopic (exact) mass is 198 g/mol. The third kappa shape index (κ3) is 4.77. The van der Waals surface area contributed by atoms with Crippen LogP contribution in [0.25, 0.3) is 0 Å². The van der Waals surface area contributed by atoms with Crippen molar-refractivity contribution in [2.75, 3.05) is 13.7 Å². The summed E-state index contributed by atoms with van der Waals surface area (Å²) < 4.78 is 5.01. The smallest absolute Gasteiger partial charge is 0.0723 e. The minimum atomic E-state index is -0.185. The van der Waals surface area contributed by atoms with E-state index < -0.39 is 0 Å². The first-order valence-electron chi connectivity index (χ1n) is 5.69. The largest absolute Gasteiger partial charge is 0.389 e. The highest BCUT2D eigenvalue weighted by Crippen LogP contribution is 2.21. The molecule has 0 bridgehead atoms. The molecule has 0 fully saturated rings. The lowest BCUT2D eigenvalue weighted by Crippen LogP contribution is -2.00. The molecule has 0 aromatic heterocycles. The lowest BCUT2D eigenvalue weighted by Gasteiger charge is -2.05. The van der Waals surface area contributed by atoms with E-state index in [0.717, 1.165) is 25.9 Å². The lowest BCUT2D eigenvalue weighted by molar-refractivity contribution is 0.192. The quantitative estimate of drug-likeness (QED) is 0.543. The van der Waals surface area contributed by atoms with Crippen LogP contribution in [0.4, 0.5) is 0 Å². The van der Waals surface area contributed by atoms with Crippen molar-refractivity contribution in [3.63, 3.8) is 0 Å². The van der Waals surface area contributed by atoms with Gasteiger partial charge in [0, 0.05) is 13.7 Å². The SMILES string of the molecule is COCCCCC1=CC(O)CCCC1. The van der Waals surface area contributed by atoms with E-state index in [4.69, 9.17) is 4.74 Å². The van der Waals surface area contributed by atoms with Crippen LogP contribution in [0.5, 0.6) is 0 Å². The summed E-state index contributed by atoms with van der Waals surface area (Å²) in [6.45, 7) is 0.857. The van der Waals surface area contributed by atoms with Crippen molar-refractivity contribution in [3.8, 4) is 0 Å². The molecular weight excluding hydrogens is 176 g/mol. The molecule has 0 spiro atoms. The van der Waals surface area contributed by atoms with Crippen molar-refractivity contribution in [2.45, 2.75) is 51.0 Å². The van der Waals surface area contributed by atoms with E-state index in [1.54, 1.807) is 7.11 Å². The van der Waals surface area contributed by atoms with Crippen molar-refractivity contribution in [1.82, 2.24) is 0 Å². The molecule has 0 aromatic carbocycles. The zero-order valence-electron chi connectivity index (χ0n) is 9.17. The molecule has 1 aliphatic rings. The molecule has 0 heterocycles. The molecular formula is C12H22O2. The number of hydrogen-bond donors (Lipinski definition) is 1. The Morgan fingerprint density at radius 3 is 3.07 bits per heavy atom. The maximum absolute atomic E-state index is 9.56. The van der Waals surface area contributed by atoms with Gasteiger partial charge in [-0.15, -0.1) is 0 Å². The second-order valence-electron chi connectivity index (χ2n) is 4.09. The molecule has 0 aliphatic heterocycles. The van der Waals surface area contributed by atoms with E-state index in [-0.39, 0.29) is 6.10 Å². The number of unbranched alkanes of at least 4 members (excludes halogenated alkanes) is 1. The fourth-order valence-corrected chi connectivity index (χ4v) is 1.95. The van der Waals surface area contributed by atoms with E-state index in [0.29, 0.717) is 0 Å². The van der Waals surface area contributed by atoms with Gasteiger partial charge in [-0.2, -0.15) is 0 Å². The summed E-state index contributed by atoms with van der Waals surface area (Å²) in [6, 6.07) is 0. The number of ether oxygens (including phenoxy) is 1. The molecule has 0 radical (unpaired) electrons. The average Bonchev–Trinajstić information content (AvgIpc) is 2.38. The Morgan fingerprint density at radius 1 is 1.43 bits per heavy atom. The summed E-state index contributed by atoms with van der Waals surface area (Å²) in [4.78, 5) is 0. The molecule has 1 unspecified atom stereocenters. The summed E-state index contributed by atoms with van der Waals surface area (Å²) >= 11 is 0. The van der Waals surface area contributed by atoms with Crippen LogP contribution in [-0.4, -0.2) is 24.9 Å². The van der Waals surface area contributed by atoms with Crippen molar-refractivity contribution >= 4 is 0 Å². The molecule has 1 atom stereocenters. The van der Waals surface area contributed by atoms with Crippen molar-refractivity contribution in [3.05, 3.63) is 11.6 Å². The second-order valence-corrected chi connectivity index (χ2v) is 4.09. The van der Waals surface area contributed by atoms with Crippen LogP contribution in [0.1, 0.15) is 44.9 Å². The number of allylic oxidation sites excluding steroid dienone is 1. The number of hydrogen-bond acceptors (Lipinski definition) is 2. The fraction of sp³-hybridized carbons (Fsp3) is 0.833. The number of methoxy groups -OCH3 is 1. The fourth-order valence-electron chi connectivity index (χ4n) is 1.95. The third-order valence-corrected chi connectivity index (χ3v) is 2.77. The first-order chi connectivity index (χ1) is 6.83. The molecule has 0 saturated heterocycles. The molecule has 1 N–H and O–H groups in total. The summed E-state index contributed by atoms with van der Waals surface area (Å²) in [5.41, 5.74) is 1.45. The minimum absolute atomic E-state index is 0.185. The van der Waals surface area contributed by atoms with Gasteiger partial charge in [0.05, 0.1) is 6.10 Å². The standard InChI is InChI=1S/C12H22O2/c1-14-9-5-4-7-11-6-2-3-8-12(13)10-11/h10,12-13H,2-9H2,1H3. The summed E-state index contributed by atoms with van der Waals surface area (Å²) in [6.07, 6.45) is 9.88. The van der Waals surface area contributed by atoms with Gasteiger partial charge in [-0.05, 0) is 38.5 Å². The van der Waals surface area contributed by atoms with Crippen LogP contribution in [0.3, 0.4) is 0 Å². The van der Waals surface area contributed by atoms with E-state index in [1.165, 1.54) is 31.3 Å². The van der Waals surface area contributed by atoms with Gasteiger partial charge in [0.25, 0.3) is 0 Å². The Balaban J connectivity index is 2.20.